The van der Waals surface area contributed by atoms with E-state index in [1.807, 2.05) is 6.07 Å². The van der Waals surface area contributed by atoms with Gasteiger partial charge in [-0.05, 0) is 18.4 Å². The minimum Gasteiger partial charge on any atom is -0.343 e. The minimum atomic E-state index is -0.421. The van der Waals surface area contributed by atoms with Crippen molar-refractivity contribution in [3.63, 3.8) is 0 Å². The Bertz CT molecular complexity index is 695. The van der Waals surface area contributed by atoms with Crippen molar-refractivity contribution in [2.24, 2.45) is 5.92 Å². The Kier molecular flexibility index (Phi) is 4.24. The van der Waals surface area contributed by atoms with Crippen LogP contribution in [-0.4, -0.2) is 14.9 Å². The van der Waals surface area contributed by atoms with Crippen LogP contribution in [0.5, 0.6) is 0 Å². The van der Waals surface area contributed by atoms with E-state index in [2.05, 4.69) is 23.8 Å². The van der Waals surface area contributed by atoms with Crippen molar-refractivity contribution in [3.05, 3.63) is 50.8 Å². The fourth-order valence-electron chi connectivity index (χ4n) is 1.96. The van der Waals surface area contributed by atoms with Crippen LogP contribution < -0.4 is 0 Å². The second-order valence-electron chi connectivity index (χ2n) is 5.00. The van der Waals surface area contributed by atoms with Crippen LogP contribution in [-0.2, 0) is 6.42 Å². The average Bonchev–Trinajstić information content (AvgIpc) is 2.37. The van der Waals surface area contributed by atoms with E-state index in [-0.39, 0.29) is 5.69 Å². The summed E-state index contributed by atoms with van der Waals surface area (Å²) in [5, 5.41) is 10.8. The summed E-state index contributed by atoms with van der Waals surface area (Å²) in [5.74, 6) is 1.05. The number of aromatic amines is 1. The molecule has 0 spiro atoms. The largest absolute Gasteiger partial charge is 0.343 e. The highest BCUT2D eigenvalue weighted by atomic mass is 32.1. The third kappa shape index (κ3) is 3.48. The number of rotatable bonds is 4. The lowest BCUT2D eigenvalue weighted by Gasteiger charge is -2.08. The number of nitrogens with zero attached hydrogens (tertiary/aromatic N) is 2. The van der Waals surface area contributed by atoms with Crippen molar-refractivity contribution in [1.29, 1.82) is 0 Å². The Morgan fingerprint density at radius 3 is 2.80 bits per heavy atom. The maximum absolute atomic E-state index is 10.8. The first-order chi connectivity index (χ1) is 9.45. The number of benzene rings is 1. The molecular weight excluding hydrogens is 274 g/mol. The van der Waals surface area contributed by atoms with Gasteiger partial charge >= 0.3 is 0 Å². The van der Waals surface area contributed by atoms with Gasteiger partial charge in [-0.25, -0.2) is 4.98 Å². The van der Waals surface area contributed by atoms with Gasteiger partial charge in [0.1, 0.15) is 10.5 Å². The van der Waals surface area contributed by atoms with Crippen LogP contribution in [0.2, 0.25) is 0 Å². The number of hydrogen-bond donors (Lipinski definition) is 1. The number of H-pyrrole nitrogens is 1. The van der Waals surface area contributed by atoms with Gasteiger partial charge in [-0.15, -0.1) is 0 Å². The number of non-ortho nitro benzene ring substituents is 1. The molecule has 0 unspecified atom stereocenters. The molecule has 6 heteroatoms. The summed E-state index contributed by atoms with van der Waals surface area (Å²) in [6.07, 6.45) is 0.855. The van der Waals surface area contributed by atoms with Gasteiger partial charge in [0.25, 0.3) is 5.69 Å². The van der Waals surface area contributed by atoms with Crippen LogP contribution in [0, 0.1) is 20.7 Å². The van der Waals surface area contributed by atoms with E-state index in [1.165, 1.54) is 12.1 Å². The van der Waals surface area contributed by atoms with E-state index in [9.17, 15) is 10.1 Å². The van der Waals surface area contributed by atoms with Crippen LogP contribution >= 0.6 is 12.2 Å². The molecule has 5 nitrogen and oxygen atoms in total. The van der Waals surface area contributed by atoms with Crippen LogP contribution in [0.25, 0.3) is 11.4 Å². The first kappa shape index (κ1) is 14.3. The van der Waals surface area contributed by atoms with Crippen LogP contribution in [0.3, 0.4) is 0 Å². The number of hydrogen-bond acceptors (Lipinski definition) is 4. The molecule has 0 amide bonds. The Balaban J connectivity index is 2.47. The first-order valence-corrected chi connectivity index (χ1v) is 6.71. The summed E-state index contributed by atoms with van der Waals surface area (Å²) >= 11 is 5.16. The second kappa shape index (κ2) is 5.92. The zero-order chi connectivity index (χ0) is 14.7. The Hall–Kier alpha value is -2.08. The van der Waals surface area contributed by atoms with Gasteiger partial charge in [-0.2, -0.15) is 0 Å². The average molecular weight is 289 g/mol. The standard InChI is InChI=1S/C14H15N3O2S/c1-9(2)6-11-8-13(20)16-14(15-11)10-4-3-5-12(7-10)17(18)19/h3-5,7-9H,6H2,1-2H3,(H,15,16,20). The molecule has 0 aliphatic heterocycles. The summed E-state index contributed by atoms with van der Waals surface area (Å²) in [6.45, 7) is 4.23. The third-order valence-electron chi connectivity index (χ3n) is 2.76. The molecule has 1 N–H and O–H groups in total. The Labute approximate surface area is 121 Å². The molecule has 0 radical (unpaired) electrons. The van der Waals surface area contributed by atoms with E-state index in [0.717, 1.165) is 12.1 Å². The van der Waals surface area contributed by atoms with Gasteiger partial charge in [0.05, 0.1) is 4.92 Å². The zero-order valence-electron chi connectivity index (χ0n) is 11.3. The fourth-order valence-corrected chi connectivity index (χ4v) is 2.19. The molecule has 0 fully saturated rings. The predicted octanol–water partition coefficient (Wildman–Crippen LogP) is 3.91. The molecule has 2 aromatic rings. The molecule has 2 rings (SSSR count). The highest BCUT2D eigenvalue weighted by Crippen LogP contribution is 2.21. The topological polar surface area (TPSA) is 71.8 Å². The van der Waals surface area contributed by atoms with Crippen LogP contribution in [0.4, 0.5) is 5.69 Å². The first-order valence-electron chi connectivity index (χ1n) is 6.31. The van der Waals surface area contributed by atoms with Gasteiger partial charge < -0.3 is 4.98 Å². The number of nitro benzene ring substituents is 1. The van der Waals surface area contributed by atoms with E-state index in [1.54, 1.807) is 12.1 Å². The fraction of sp³-hybridized carbons (Fsp3) is 0.286. The smallest absolute Gasteiger partial charge is 0.270 e. The summed E-state index contributed by atoms with van der Waals surface area (Å²) in [4.78, 5) is 17.8. The number of nitro groups is 1. The van der Waals surface area contributed by atoms with E-state index in [0.29, 0.717) is 21.9 Å². The van der Waals surface area contributed by atoms with Crippen molar-refractivity contribution in [1.82, 2.24) is 9.97 Å². The molecule has 104 valence electrons. The quantitative estimate of drug-likeness (QED) is 0.526. The molecule has 1 aromatic carbocycles. The zero-order valence-corrected chi connectivity index (χ0v) is 12.1. The van der Waals surface area contributed by atoms with E-state index < -0.39 is 4.92 Å². The van der Waals surface area contributed by atoms with E-state index >= 15 is 0 Å². The highest BCUT2D eigenvalue weighted by molar-refractivity contribution is 7.71. The molecule has 20 heavy (non-hydrogen) atoms. The third-order valence-corrected chi connectivity index (χ3v) is 2.97. The van der Waals surface area contributed by atoms with Gasteiger partial charge in [0, 0.05) is 23.4 Å². The maximum atomic E-state index is 10.8. The predicted molar refractivity (Wildman–Crippen MR) is 80.1 cm³/mol. The summed E-state index contributed by atoms with van der Waals surface area (Å²) in [5.41, 5.74) is 1.69. The lowest BCUT2D eigenvalue weighted by atomic mass is 10.1. The molecule has 0 aliphatic rings. The molecular formula is C14H15N3O2S. The Morgan fingerprint density at radius 1 is 1.40 bits per heavy atom. The highest BCUT2D eigenvalue weighted by Gasteiger charge is 2.09. The molecule has 0 aliphatic carbocycles. The van der Waals surface area contributed by atoms with Gasteiger partial charge in [0.2, 0.25) is 0 Å². The molecule has 1 aromatic heterocycles. The molecule has 0 saturated carbocycles. The van der Waals surface area contributed by atoms with Crippen molar-refractivity contribution in [2.75, 3.05) is 0 Å². The van der Waals surface area contributed by atoms with Gasteiger partial charge in [-0.3, -0.25) is 10.1 Å². The SMILES string of the molecule is CC(C)Cc1cc(=S)nc(-c2cccc([N+](=O)[O-])c2)[nH]1. The van der Waals surface area contributed by atoms with Crippen molar-refractivity contribution in [2.45, 2.75) is 20.3 Å². The molecule has 1 heterocycles. The van der Waals surface area contributed by atoms with E-state index in [4.69, 9.17) is 12.2 Å². The summed E-state index contributed by atoms with van der Waals surface area (Å²) in [7, 11) is 0. The normalized spacial score (nSPS) is 10.8. The lowest BCUT2D eigenvalue weighted by molar-refractivity contribution is -0.384. The van der Waals surface area contributed by atoms with Crippen LogP contribution in [0.15, 0.2) is 30.3 Å². The van der Waals surface area contributed by atoms with Crippen molar-refractivity contribution < 1.29 is 4.92 Å². The second-order valence-corrected chi connectivity index (χ2v) is 5.42. The Morgan fingerprint density at radius 2 is 2.15 bits per heavy atom. The lowest BCUT2D eigenvalue weighted by Crippen LogP contribution is -2.01. The minimum absolute atomic E-state index is 0.0397. The molecule has 0 bridgehead atoms. The van der Waals surface area contributed by atoms with Crippen molar-refractivity contribution in [3.8, 4) is 11.4 Å². The van der Waals surface area contributed by atoms with Gasteiger partial charge in [-0.1, -0.05) is 38.2 Å². The number of aromatic nitrogens is 2. The van der Waals surface area contributed by atoms with Crippen LogP contribution in [0.1, 0.15) is 19.5 Å². The summed E-state index contributed by atoms with van der Waals surface area (Å²) in [6, 6.07) is 8.19. The maximum Gasteiger partial charge on any atom is 0.270 e. The van der Waals surface area contributed by atoms with Crippen molar-refractivity contribution >= 4 is 17.9 Å². The molecule has 0 atom stereocenters. The molecule has 0 saturated heterocycles. The summed E-state index contributed by atoms with van der Waals surface area (Å²) < 4.78 is 0.487. The van der Waals surface area contributed by atoms with Gasteiger partial charge in [0.15, 0.2) is 0 Å². The monoisotopic (exact) mass is 289 g/mol. The number of nitrogens with one attached hydrogen (secondary N) is 1.